The molecule has 0 aliphatic heterocycles. The van der Waals surface area contributed by atoms with Crippen molar-refractivity contribution in [1.82, 2.24) is 0 Å². The van der Waals surface area contributed by atoms with Gasteiger partial charge in [-0.25, -0.2) is 9.18 Å². The fraction of sp³-hybridized carbons (Fsp3) is 0.222. The van der Waals surface area contributed by atoms with Crippen molar-refractivity contribution in [2.24, 2.45) is 5.18 Å². The van der Waals surface area contributed by atoms with Gasteiger partial charge in [-0.2, -0.15) is 0 Å². The number of hydrogen-bond acceptors (Lipinski definition) is 4. The molecule has 0 fully saturated rings. The molecule has 0 radical (unpaired) electrons. The molecule has 0 bridgehead atoms. The van der Waals surface area contributed by atoms with Crippen molar-refractivity contribution in [2.45, 2.75) is 6.92 Å². The zero-order valence-electron chi connectivity index (χ0n) is 7.49. The molecule has 5 heteroatoms. The van der Waals surface area contributed by atoms with Crippen molar-refractivity contribution in [2.75, 3.05) is 6.61 Å². The number of nitrogens with zero attached hydrogens (tertiary/aromatic N) is 1. The first kappa shape index (κ1) is 10.3. The Kier molecular flexibility index (Phi) is 3.28. The van der Waals surface area contributed by atoms with Crippen LogP contribution in [0.2, 0.25) is 0 Å². The van der Waals surface area contributed by atoms with E-state index in [1.165, 1.54) is 12.1 Å². The van der Waals surface area contributed by atoms with Crippen LogP contribution in [0.3, 0.4) is 0 Å². The molecule has 0 saturated heterocycles. The smallest absolute Gasteiger partial charge is 0.341 e. The highest BCUT2D eigenvalue weighted by Crippen LogP contribution is 2.17. The molecule has 0 spiro atoms. The van der Waals surface area contributed by atoms with E-state index in [0.717, 1.165) is 6.07 Å². The van der Waals surface area contributed by atoms with Gasteiger partial charge in [-0.1, -0.05) is 0 Å². The van der Waals surface area contributed by atoms with Crippen molar-refractivity contribution in [3.8, 4) is 0 Å². The first-order chi connectivity index (χ1) is 6.69. The molecule has 0 aromatic heterocycles. The summed E-state index contributed by atoms with van der Waals surface area (Å²) < 4.78 is 17.7. The number of halogens is 1. The van der Waals surface area contributed by atoms with Crippen LogP contribution in [0.4, 0.5) is 10.1 Å². The Morgan fingerprint density at radius 1 is 1.57 bits per heavy atom. The van der Waals surface area contributed by atoms with Crippen LogP contribution in [0.15, 0.2) is 23.4 Å². The lowest BCUT2D eigenvalue weighted by Crippen LogP contribution is -2.06. The molecule has 0 amide bonds. The number of rotatable bonds is 3. The molecular weight excluding hydrogens is 189 g/mol. The molecule has 0 saturated carbocycles. The topological polar surface area (TPSA) is 55.7 Å². The molecular formula is C9H8FNO3. The molecule has 0 atom stereocenters. The molecule has 0 unspecified atom stereocenters. The highest BCUT2D eigenvalue weighted by Gasteiger charge is 2.12. The third-order valence-corrected chi connectivity index (χ3v) is 1.55. The quantitative estimate of drug-likeness (QED) is 0.552. The second-order valence-electron chi connectivity index (χ2n) is 2.48. The summed E-state index contributed by atoms with van der Waals surface area (Å²) in [7, 11) is 0. The maximum Gasteiger partial charge on any atom is 0.341 e. The molecule has 14 heavy (non-hydrogen) atoms. The third kappa shape index (κ3) is 2.12. The first-order valence-corrected chi connectivity index (χ1v) is 3.99. The predicted molar refractivity (Wildman–Crippen MR) is 47.8 cm³/mol. The van der Waals surface area contributed by atoms with Crippen molar-refractivity contribution >= 4 is 11.7 Å². The van der Waals surface area contributed by atoms with Crippen LogP contribution in [-0.2, 0) is 4.74 Å². The third-order valence-electron chi connectivity index (χ3n) is 1.55. The summed E-state index contributed by atoms with van der Waals surface area (Å²) in [6, 6.07) is 3.31. The number of benzene rings is 1. The van der Waals surface area contributed by atoms with Crippen LogP contribution in [0.25, 0.3) is 0 Å². The number of ether oxygens (including phenoxy) is 1. The predicted octanol–water partition coefficient (Wildman–Crippen LogP) is 2.40. The Morgan fingerprint density at radius 2 is 2.29 bits per heavy atom. The monoisotopic (exact) mass is 197 g/mol. The van der Waals surface area contributed by atoms with E-state index in [0.29, 0.717) is 0 Å². The summed E-state index contributed by atoms with van der Waals surface area (Å²) in [6.07, 6.45) is 0. The lowest BCUT2D eigenvalue weighted by molar-refractivity contribution is 0.0521. The van der Waals surface area contributed by atoms with Crippen molar-refractivity contribution in [3.63, 3.8) is 0 Å². The largest absolute Gasteiger partial charge is 0.462 e. The van der Waals surface area contributed by atoms with Crippen molar-refractivity contribution in [3.05, 3.63) is 34.5 Å². The van der Waals surface area contributed by atoms with Gasteiger partial charge in [-0.3, -0.25) is 0 Å². The van der Waals surface area contributed by atoms with Gasteiger partial charge in [0.25, 0.3) is 0 Å². The zero-order chi connectivity index (χ0) is 10.6. The Labute approximate surface area is 79.7 Å². The number of esters is 1. The summed E-state index contributed by atoms with van der Waals surface area (Å²) >= 11 is 0. The van der Waals surface area contributed by atoms with E-state index in [1.54, 1.807) is 6.92 Å². The number of carbonyl (C=O) groups is 1. The van der Waals surface area contributed by atoms with Crippen LogP contribution in [0.1, 0.15) is 17.3 Å². The lowest BCUT2D eigenvalue weighted by atomic mass is 10.2. The van der Waals surface area contributed by atoms with Gasteiger partial charge in [0.1, 0.15) is 11.5 Å². The molecule has 4 nitrogen and oxygen atoms in total. The van der Waals surface area contributed by atoms with E-state index in [-0.39, 0.29) is 17.9 Å². The number of nitroso groups, excluding NO2 is 1. The van der Waals surface area contributed by atoms with Crippen LogP contribution < -0.4 is 0 Å². The van der Waals surface area contributed by atoms with Gasteiger partial charge < -0.3 is 4.74 Å². The fourth-order valence-electron chi connectivity index (χ4n) is 0.935. The number of hydrogen-bond donors (Lipinski definition) is 0. The molecule has 1 aromatic rings. The normalized spacial score (nSPS) is 9.57. The Bertz CT molecular complexity index is 365. The molecule has 0 heterocycles. The van der Waals surface area contributed by atoms with Gasteiger partial charge in [-0.05, 0) is 24.2 Å². The Hall–Kier alpha value is -1.78. The average molecular weight is 197 g/mol. The van der Waals surface area contributed by atoms with Gasteiger partial charge in [0.15, 0.2) is 0 Å². The van der Waals surface area contributed by atoms with E-state index >= 15 is 0 Å². The van der Waals surface area contributed by atoms with Gasteiger partial charge >= 0.3 is 5.97 Å². The maximum atomic E-state index is 13.1. The SMILES string of the molecule is CCOC(=O)c1ccc(N=O)cc1F. The minimum absolute atomic E-state index is 0.0597. The van der Waals surface area contributed by atoms with Crippen LogP contribution in [0, 0.1) is 10.7 Å². The van der Waals surface area contributed by atoms with E-state index < -0.39 is 11.8 Å². The first-order valence-electron chi connectivity index (χ1n) is 3.99. The highest BCUT2D eigenvalue weighted by atomic mass is 19.1. The summed E-state index contributed by atoms with van der Waals surface area (Å²) in [5, 5.41) is 2.54. The second-order valence-corrected chi connectivity index (χ2v) is 2.48. The average Bonchev–Trinajstić information content (AvgIpc) is 2.17. The van der Waals surface area contributed by atoms with Gasteiger partial charge in [0.2, 0.25) is 0 Å². The number of carbonyl (C=O) groups excluding carboxylic acids is 1. The molecule has 0 aliphatic rings. The van der Waals surface area contributed by atoms with Crippen LogP contribution >= 0.6 is 0 Å². The summed E-state index contributed by atoms with van der Waals surface area (Å²) in [5.41, 5.74) is -0.255. The maximum absolute atomic E-state index is 13.1. The standard InChI is InChI=1S/C9H8FNO3/c1-2-14-9(12)7-4-3-6(11-13)5-8(7)10/h3-5H,2H2,1H3. The lowest BCUT2D eigenvalue weighted by Gasteiger charge is -2.02. The van der Waals surface area contributed by atoms with E-state index in [1.807, 2.05) is 0 Å². The van der Waals surface area contributed by atoms with Crippen molar-refractivity contribution in [1.29, 1.82) is 0 Å². The van der Waals surface area contributed by atoms with Crippen LogP contribution in [0.5, 0.6) is 0 Å². The van der Waals surface area contributed by atoms with Crippen molar-refractivity contribution < 1.29 is 13.9 Å². The molecule has 74 valence electrons. The molecule has 0 aliphatic carbocycles. The highest BCUT2D eigenvalue weighted by molar-refractivity contribution is 5.90. The second kappa shape index (κ2) is 4.45. The summed E-state index contributed by atoms with van der Waals surface area (Å²) in [4.78, 5) is 21.1. The van der Waals surface area contributed by atoms with Crippen LogP contribution in [-0.4, -0.2) is 12.6 Å². The molecule has 0 N–H and O–H groups in total. The van der Waals surface area contributed by atoms with E-state index in [4.69, 9.17) is 0 Å². The van der Waals surface area contributed by atoms with E-state index in [2.05, 4.69) is 9.91 Å². The molecule has 1 aromatic carbocycles. The Morgan fingerprint density at radius 3 is 2.79 bits per heavy atom. The summed E-state index contributed by atoms with van der Waals surface area (Å²) in [5.74, 6) is -1.55. The van der Waals surface area contributed by atoms with Gasteiger partial charge in [0, 0.05) is 6.07 Å². The Balaban J connectivity index is 2.99. The summed E-state index contributed by atoms with van der Waals surface area (Å²) in [6.45, 7) is 1.79. The minimum atomic E-state index is -0.805. The zero-order valence-corrected chi connectivity index (χ0v) is 7.49. The van der Waals surface area contributed by atoms with E-state index in [9.17, 15) is 14.1 Å². The van der Waals surface area contributed by atoms with Gasteiger partial charge in [-0.15, -0.1) is 4.91 Å². The molecule has 1 rings (SSSR count). The van der Waals surface area contributed by atoms with Gasteiger partial charge in [0.05, 0.1) is 12.2 Å². The minimum Gasteiger partial charge on any atom is -0.462 e. The fourth-order valence-corrected chi connectivity index (χ4v) is 0.935.